The molecule has 0 aromatic heterocycles. The van der Waals surface area contributed by atoms with E-state index in [0.717, 1.165) is 12.0 Å². The predicted molar refractivity (Wildman–Crippen MR) is 67.9 cm³/mol. The van der Waals surface area contributed by atoms with Gasteiger partial charge in [0.15, 0.2) is 0 Å². The van der Waals surface area contributed by atoms with Crippen molar-refractivity contribution in [3.8, 4) is 0 Å². The summed E-state index contributed by atoms with van der Waals surface area (Å²) in [6.07, 6.45) is 6.00. The Bertz CT molecular complexity index is 442. The summed E-state index contributed by atoms with van der Waals surface area (Å²) < 4.78 is 5.30. The van der Waals surface area contributed by atoms with Crippen LogP contribution in [0.15, 0.2) is 23.8 Å². The highest BCUT2D eigenvalue weighted by atomic mass is 16.6. The van der Waals surface area contributed by atoms with Crippen molar-refractivity contribution in [2.75, 3.05) is 0 Å². The van der Waals surface area contributed by atoms with Gasteiger partial charge >= 0.3 is 6.09 Å². The molecule has 1 fully saturated rings. The van der Waals surface area contributed by atoms with Gasteiger partial charge in [0.2, 0.25) is 0 Å². The zero-order chi connectivity index (χ0) is 13.5. The molecule has 0 N–H and O–H groups in total. The van der Waals surface area contributed by atoms with Crippen molar-refractivity contribution in [2.24, 2.45) is 5.92 Å². The largest absolute Gasteiger partial charge is 0.443 e. The molecule has 2 rings (SSSR count). The quantitative estimate of drug-likeness (QED) is 0.490. The molecule has 0 radical (unpaired) electrons. The van der Waals surface area contributed by atoms with Crippen LogP contribution in [0.3, 0.4) is 0 Å². The fraction of sp³-hybridized carbons (Fsp3) is 0.571. The number of rotatable bonds is 0. The molecule has 1 aliphatic carbocycles. The highest BCUT2D eigenvalue weighted by Gasteiger charge is 2.48. The standard InChI is InChI=1S/C14H19NO3/c1-5-9-10-7-6-8-11(10)15(12(9)16)13(17)18-14(2,3)4/h5-6,8,10-11H,7H2,1-4H3/b9-5+. The van der Waals surface area contributed by atoms with Crippen molar-refractivity contribution in [1.82, 2.24) is 4.90 Å². The van der Waals surface area contributed by atoms with Gasteiger partial charge in [-0.1, -0.05) is 18.2 Å². The van der Waals surface area contributed by atoms with Crippen LogP contribution in [0.4, 0.5) is 4.79 Å². The van der Waals surface area contributed by atoms with Gasteiger partial charge in [-0.25, -0.2) is 9.69 Å². The molecule has 4 heteroatoms. The summed E-state index contributed by atoms with van der Waals surface area (Å²) in [4.78, 5) is 25.5. The van der Waals surface area contributed by atoms with Crippen LogP contribution in [-0.4, -0.2) is 28.5 Å². The lowest BCUT2D eigenvalue weighted by Crippen LogP contribution is -2.42. The highest BCUT2D eigenvalue weighted by molar-refractivity contribution is 6.06. The Hall–Kier alpha value is -1.58. The van der Waals surface area contributed by atoms with E-state index in [1.165, 1.54) is 4.90 Å². The number of amides is 2. The maximum atomic E-state index is 12.2. The summed E-state index contributed by atoms with van der Waals surface area (Å²) in [6.45, 7) is 7.22. The van der Waals surface area contributed by atoms with Crippen LogP contribution in [0.2, 0.25) is 0 Å². The van der Waals surface area contributed by atoms with E-state index >= 15 is 0 Å². The third kappa shape index (κ3) is 2.07. The van der Waals surface area contributed by atoms with E-state index in [4.69, 9.17) is 4.74 Å². The first kappa shape index (κ1) is 12.9. The SMILES string of the molecule is C/C=C1/C(=O)N(C(=O)OC(C)(C)C)C2C=CCC12. The highest BCUT2D eigenvalue weighted by Crippen LogP contribution is 2.38. The average Bonchev–Trinajstić information content (AvgIpc) is 2.73. The van der Waals surface area contributed by atoms with Crippen LogP contribution in [-0.2, 0) is 9.53 Å². The number of nitrogens with zero attached hydrogens (tertiary/aromatic N) is 1. The smallest absolute Gasteiger partial charge is 0.417 e. The van der Waals surface area contributed by atoms with Crippen molar-refractivity contribution in [1.29, 1.82) is 0 Å². The van der Waals surface area contributed by atoms with Gasteiger partial charge in [-0.15, -0.1) is 0 Å². The first-order valence-corrected chi connectivity index (χ1v) is 6.24. The zero-order valence-corrected chi connectivity index (χ0v) is 11.3. The van der Waals surface area contributed by atoms with Gasteiger partial charge in [-0.05, 0) is 34.1 Å². The molecule has 1 saturated heterocycles. The van der Waals surface area contributed by atoms with E-state index in [2.05, 4.69) is 0 Å². The van der Waals surface area contributed by atoms with Crippen molar-refractivity contribution in [3.63, 3.8) is 0 Å². The Labute approximate surface area is 107 Å². The number of hydrogen-bond donors (Lipinski definition) is 0. The second-order valence-electron chi connectivity index (χ2n) is 5.66. The molecule has 18 heavy (non-hydrogen) atoms. The first-order valence-electron chi connectivity index (χ1n) is 6.24. The molecule has 0 saturated carbocycles. The zero-order valence-electron chi connectivity index (χ0n) is 11.3. The Morgan fingerprint density at radius 2 is 2.17 bits per heavy atom. The number of likely N-dealkylation sites (tertiary alicyclic amines) is 1. The van der Waals surface area contributed by atoms with E-state index in [0.29, 0.717) is 0 Å². The number of hydrogen-bond acceptors (Lipinski definition) is 3. The normalized spacial score (nSPS) is 29.0. The average molecular weight is 249 g/mol. The van der Waals surface area contributed by atoms with E-state index in [1.54, 1.807) is 26.8 Å². The van der Waals surface area contributed by atoms with Crippen LogP contribution in [0.1, 0.15) is 34.1 Å². The van der Waals surface area contributed by atoms with Gasteiger partial charge in [0.05, 0.1) is 6.04 Å². The molecule has 0 aromatic rings. The molecule has 1 aliphatic heterocycles. The molecule has 2 amide bonds. The molecular formula is C14H19NO3. The number of fused-ring (bicyclic) bond motifs is 1. The van der Waals surface area contributed by atoms with Crippen molar-refractivity contribution < 1.29 is 14.3 Å². The van der Waals surface area contributed by atoms with E-state index in [9.17, 15) is 9.59 Å². The third-order valence-electron chi connectivity index (χ3n) is 3.20. The van der Waals surface area contributed by atoms with Crippen molar-refractivity contribution in [2.45, 2.75) is 45.8 Å². The van der Waals surface area contributed by atoms with Crippen LogP contribution in [0, 0.1) is 5.92 Å². The number of allylic oxidation sites excluding steroid dienone is 2. The Balaban J connectivity index is 2.25. The molecule has 2 atom stereocenters. The lowest BCUT2D eigenvalue weighted by atomic mass is 9.97. The van der Waals surface area contributed by atoms with Gasteiger partial charge < -0.3 is 4.74 Å². The molecule has 0 bridgehead atoms. The molecule has 0 spiro atoms. The van der Waals surface area contributed by atoms with Crippen LogP contribution in [0.25, 0.3) is 0 Å². The fourth-order valence-corrected chi connectivity index (χ4v) is 2.50. The predicted octanol–water partition coefficient (Wildman–Crippen LogP) is 2.65. The van der Waals surface area contributed by atoms with Crippen LogP contribution in [0.5, 0.6) is 0 Å². The molecule has 4 nitrogen and oxygen atoms in total. The van der Waals surface area contributed by atoms with Gasteiger partial charge in [-0.3, -0.25) is 4.79 Å². The lowest BCUT2D eigenvalue weighted by Gasteiger charge is -2.25. The van der Waals surface area contributed by atoms with Gasteiger partial charge in [0.25, 0.3) is 5.91 Å². The fourth-order valence-electron chi connectivity index (χ4n) is 2.50. The second-order valence-corrected chi connectivity index (χ2v) is 5.66. The summed E-state index contributed by atoms with van der Waals surface area (Å²) >= 11 is 0. The monoisotopic (exact) mass is 249 g/mol. The second kappa shape index (κ2) is 4.26. The van der Waals surface area contributed by atoms with Gasteiger partial charge in [-0.2, -0.15) is 0 Å². The maximum absolute atomic E-state index is 12.2. The van der Waals surface area contributed by atoms with Gasteiger partial charge in [0, 0.05) is 11.5 Å². The molecule has 98 valence electrons. The van der Waals surface area contributed by atoms with Crippen LogP contribution < -0.4 is 0 Å². The topological polar surface area (TPSA) is 46.6 Å². The first-order chi connectivity index (χ1) is 8.35. The molecule has 0 aromatic carbocycles. The van der Waals surface area contributed by atoms with E-state index in [1.807, 2.05) is 19.1 Å². The van der Waals surface area contributed by atoms with E-state index < -0.39 is 11.7 Å². The molecule has 2 unspecified atom stereocenters. The minimum absolute atomic E-state index is 0.106. The van der Waals surface area contributed by atoms with Crippen LogP contribution >= 0.6 is 0 Å². The molecule has 2 aliphatic rings. The molecule has 1 heterocycles. The molecular weight excluding hydrogens is 230 g/mol. The summed E-state index contributed by atoms with van der Waals surface area (Å²) in [7, 11) is 0. The summed E-state index contributed by atoms with van der Waals surface area (Å²) in [6, 6.07) is -0.168. The number of carbonyl (C=O) groups excluding carboxylic acids is 2. The Morgan fingerprint density at radius 3 is 2.72 bits per heavy atom. The Kier molecular flexibility index (Phi) is 3.05. The van der Waals surface area contributed by atoms with Crippen molar-refractivity contribution in [3.05, 3.63) is 23.8 Å². The minimum Gasteiger partial charge on any atom is -0.443 e. The van der Waals surface area contributed by atoms with E-state index in [-0.39, 0.29) is 17.9 Å². The number of ether oxygens (including phenoxy) is 1. The summed E-state index contributed by atoms with van der Waals surface area (Å²) in [5, 5.41) is 0. The summed E-state index contributed by atoms with van der Waals surface area (Å²) in [5.74, 6) is -0.110. The Morgan fingerprint density at radius 1 is 1.50 bits per heavy atom. The number of imide groups is 1. The van der Waals surface area contributed by atoms with Crippen molar-refractivity contribution >= 4 is 12.0 Å². The summed E-state index contributed by atoms with van der Waals surface area (Å²) in [5.41, 5.74) is 0.129. The third-order valence-corrected chi connectivity index (χ3v) is 3.20. The minimum atomic E-state index is -0.589. The number of carbonyl (C=O) groups is 2. The maximum Gasteiger partial charge on any atom is 0.417 e. The van der Waals surface area contributed by atoms with Gasteiger partial charge in [0.1, 0.15) is 5.60 Å². The lowest BCUT2D eigenvalue weighted by molar-refractivity contribution is -0.124.